The topological polar surface area (TPSA) is 71.5 Å². The zero-order valence-electron chi connectivity index (χ0n) is 16.3. The number of amides is 1. The van der Waals surface area contributed by atoms with Gasteiger partial charge in [0.1, 0.15) is 0 Å². The number of aliphatic hydroxyl groups is 1. The molecule has 1 N–H and O–H groups in total. The van der Waals surface area contributed by atoms with Crippen LogP contribution < -0.4 is 9.47 Å². The lowest BCUT2D eigenvalue weighted by molar-refractivity contribution is -0.160. The molecule has 0 saturated carbocycles. The number of nitrogens with zero attached hydrogens (tertiary/aromatic N) is 2. The maximum Gasteiger partial charge on any atom is 0.256 e. The largest absolute Gasteiger partial charge is 0.493 e. The predicted octanol–water partition coefficient (Wildman–Crippen LogP) is 1.28. The number of para-hydroxylation sites is 1. The predicted molar refractivity (Wildman–Crippen MR) is 101 cm³/mol. The van der Waals surface area contributed by atoms with E-state index in [-0.39, 0.29) is 5.91 Å². The lowest BCUT2D eigenvalue weighted by Gasteiger charge is -2.40. The Kier molecular flexibility index (Phi) is 6.57. The third kappa shape index (κ3) is 4.54. The summed E-state index contributed by atoms with van der Waals surface area (Å²) in [5.41, 5.74) is -0.466. The zero-order valence-corrected chi connectivity index (χ0v) is 16.3. The minimum absolute atomic E-state index is 0.205. The fraction of sp³-hybridized carbons (Fsp3) is 0.650. The summed E-state index contributed by atoms with van der Waals surface area (Å²) in [5, 5.41) is 11.1. The molecule has 2 heterocycles. The van der Waals surface area contributed by atoms with Gasteiger partial charge in [0.2, 0.25) is 0 Å². The minimum Gasteiger partial charge on any atom is -0.493 e. The summed E-state index contributed by atoms with van der Waals surface area (Å²) in [5.74, 6) is 1.06. The fourth-order valence-electron chi connectivity index (χ4n) is 3.97. The Balaban J connectivity index is 1.73. The summed E-state index contributed by atoms with van der Waals surface area (Å²) in [7, 11) is 3.19. The van der Waals surface area contributed by atoms with E-state index >= 15 is 0 Å². The number of hydrogen-bond donors (Lipinski definition) is 1. The first-order chi connectivity index (χ1) is 13.1. The van der Waals surface area contributed by atoms with Crippen LogP contribution in [0.4, 0.5) is 0 Å². The van der Waals surface area contributed by atoms with Crippen LogP contribution in [-0.2, 0) is 16.1 Å². The molecule has 1 amide bonds. The molecule has 150 valence electrons. The number of carbonyl (C=O) groups excluding carboxylic acids is 1. The molecule has 2 aliphatic rings. The van der Waals surface area contributed by atoms with Gasteiger partial charge < -0.3 is 24.2 Å². The van der Waals surface area contributed by atoms with Gasteiger partial charge in [0.05, 0.1) is 20.8 Å². The van der Waals surface area contributed by atoms with Gasteiger partial charge in [0, 0.05) is 44.9 Å². The highest BCUT2D eigenvalue weighted by Crippen LogP contribution is 2.33. The number of ether oxygens (including phenoxy) is 3. The molecular formula is C20H30N2O5. The van der Waals surface area contributed by atoms with E-state index in [2.05, 4.69) is 4.90 Å². The summed E-state index contributed by atoms with van der Waals surface area (Å²) < 4.78 is 16.3. The highest BCUT2D eigenvalue weighted by molar-refractivity contribution is 5.86. The molecule has 1 atom stereocenters. The Labute approximate surface area is 160 Å². The monoisotopic (exact) mass is 378 g/mol. The molecule has 0 aliphatic carbocycles. The van der Waals surface area contributed by atoms with Crippen LogP contribution in [0.1, 0.15) is 24.8 Å². The zero-order chi connectivity index (χ0) is 19.3. The molecule has 3 rings (SSSR count). The van der Waals surface area contributed by atoms with Crippen molar-refractivity contribution in [2.45, 2.75) is 31.4 Å². The van der Waals surface area contributed by atoms with Crippen molar-refractivity contribution in [3.63, 3.8) is 0 Å². The van der Waals surface area contributed by atoms with Crippen molar-refractivity contribution in [1.82, 2.24) is 9.80 Å². The molecule has 27 heavy (non-hydrogen) atoms. The summed E-state index contributed by atoms with van der Waals surface area (Å²) in [6.07, 6.45) is 2.20. The SMILES string of the molecule is COc1cccc(CN2CCCC(O)(CN3CCCOCC3)C2=O)c1OC. The number of benzene rings is 1. The number of rotatable bonds is 6. The smallest absolute Gasteiger partial charge is 0.256 e. The van der Waals surface area contributed by atoms with E-state index in [4.69, 9.17) is 14.2 Å². The average Bonchev–Trinajstić information content (AvgIpc) is 2.93. The standard InChI is InChI=1S/C20H30N2O5/c1-25-17-7-3-6-16(18(17)26-2)14-22-10-4-8-20(24,19(22)23)15-21-9-5-12-27-13-11-21/h3,6-7,24H,4-5,8-15H2,1-2H3. The Morgan fingerprint density at radius 1 is 1.15 bits per heavy atom. The van der Waals surface area contributed by atoms with Crippen LogP contribution in [0.5, 0.6) is 11.5 Å². The van der Waals surface area contributed by atoms with Gasteiger partial charge in [-0.1, -0.05) is 12.1 Å². The first-order valence-corrected chi connectivity index (χ1v) is 9.59. The van der Waals surface area contributed by atoms with E-state index < -0.39 is 5.60 Å². The second-order valence-corrected chi connectivity index (χ2v) is 7.26. The highest BCUT2D eigenvalue weighted by atomic mass is 16.5. The van der Waals surface area contributed by atoms with Crippen molar-refractivity contribution in [3.05, 3.63) is 23.8 Å². The number of carbonyl (C=O) groups is 1. The van der Waals surface area contributed by atoms with E-state index in [0.717, 1.165) is 38.1 Å². The summed E-state index contributed by atoms with van der Waals surface area (Å²) in [4.78, 5) is 17.0. The maximum atomic E-state index is 13.1. The van der Waals surface area contributed by atoms with E-state index in [1.807, 2.05) is 18.2 Å². The van der Waals surface area contributed by atoms with Crippen molar-refractivity contribution >= 4 is 5.91 Å². The molecule has 1 aromatic rings. The molecule has 1 unspecified atom stereocenters. The molecule has 7 nitrogen and oxygen atoms in total. The first-order valence-electron chi connectivity index (χ1n) is 9.59. The molecule has 0 aromatic heterocycles. The average molecular weight is 378 g/mol. The molecular weight excluding hydrogens is 348 g/mol. The summed E-state index contributed by atoms with van der Waals surface area (Å²) in [6.45, 7) is 4.37. The number of β-amino-alcohol motifs (C(OH)–C–C–N with tert-alkyl or cyclic N) is 1. The van der Waals surface area contributed by atoms with Crippen LogP contribution in [0.15, 0.2) is 18.2 Å². The van der Waals surface area contributed by atoms with Crippen molar-refractivity contribution in [1.29, 1.82) is 0 Å². The Bertz CT molecular complexity index is 645. The second kappa shape index (κ2) is 8.91. The quantitative estimate of drug-likeness (QED) is 0.804. The molecule has 2 aliphatic heterocycles. The summed E-state index contributed by atoms with van der Waals surface area (Å²) in [6, 6.07) is 5.64. The third-order valence-corrected chi connectivity index (χ3v) is 5.35. The van der Waals surface area contributed by atoms with Crippen molar-refractivity contribution < 1.29 is 24.1 Å². The Hall–Kier alpha value is -1.83. The van der Waals surface area contributed by atoms with Crippen LogP contribution in [-0.4, -0.2) is 80.0 Å². The first kappa shape index (κ1) is 19.9. The van der Waals surface area contributed by atoms with Crippen molar-refractivity contribution in [2.24, 2.45) is 0 Å². The number of methoxy groups -OCH3 is 2. The van der Waals surface area contributed by atoms with Crippen LogP contribution in [0.25, 0.3) is 0 Å². The van der Waals surface area contributed by atoms with Crippen LogP contribution >= 0.6 is 0 Å². The van der Waals surface area contributed by atoms with Crippen molar-refractivity contribution in [3.8, 4) is 11.5 Å². The van der Waals surface area contributed by atoms with Gasteiger partial charge in [0.15, 0.2) is 17.1 Å². The van der Waals surface area contributed by atoms with Gasteiger partial charge in [-0.2, -0.15) is 0 Å². The lowest BCUT2D eigenvalue weighted by Crippen LogP contribution is -2.58. The Morgan fingerprint density at radius 3 is 2.78 bits per heavy atom. The van der Waals surface area contributed by atoms with Gasteiger partial charge in [-0.3, -0.25) is 9.69 Å². The molecule has 1 aromatic carbocycles. The fourth-order valence-corrected chi connectivity index (χ4v) is 3.97. The number of likely N-dealkylation sites (tertiary alicyclic amines) is 1. The molecule has 2 fully saturated rings. The number of piperidine rings is 1. The molecule has 7 heteroatoms. The van der Waals surface area contributed by atoms with E-state index in [0.29, 0.717) is 44.2 Å². The van der Waals surface area contributed by atoms with Gasteiger partial charge in [-0.05, 0) is 25.3 Å². The maximum absolute atomic E-state index is 13.1. The lowest BCUT2D eigenvalue weighted by atomic mass is 9.90. The van der Waals surface area contributed by atoms with Crippen LogP contribution in [0.3, 0.4) is 0 Å². The summed E-state index contributed by atoms with van der Waals surface area (Å²) >= 11 is 0. The van der Waals surface area contributed by atoms with Gasteiger partial charge >= 0.3 is 0 Å². The molecule has 0 radical (unpaired) electrons. The van der Waals surface area contributed by atoms with Crippen LogP contribution in [0.2, 0.25) is 0 Å². The molecule has 0 bridgehead atoms. The third-order valence-electron chi connectivity index (χ3n) is 5.35. The minimum atomic E-state index is -1.34. The second-order valence-electron chi connectivity index (χ2n) is 7.26. The number of hydrogen-bond acceptors (Lipinski definition) is 6. The molecule has 0 spiro atoms. The van der Waals surface area contributed by atoms with Gasteiger partial charge in [-0.25, -0.2) is 0 Å². The van der Waals surface area contributed by atoms with E-state index in [1.54, 1.807) is 19.1 Å². The van der Waals surface area contributed by atoms with E-state index in [9.17, 15) is 9.90 Å². The van der Waals surface area contributed by atoms with Gasteiger partial charge in [-0.15, -0.1) is 0 Å². The van der Waals surface area contributed by atoms with Crippen LogP contribution in [0, 0.1) is 0 Å². The van der Waals surface area contributed by atoms with Gasteiger partial charge in [0.25, 0.3) is 5.91 Å². The molecule has 2 saturated heterocycles. The Morgan fingerprint density at radius 2 is 2.00 bits per heavy atom. The van der Waals surface area contributed by atoms with E-state index in [1.165, 1.54) is 0 Å². The normalized spacial score (nSPS) is 24.6. The van der Waals surface area contributed by atoms with Crippen molar-refractivity contribution in [2.75, 3.05) is 53.6 Å². The highest BCUT2D eigenvalue weighted by Gasteiger charge is 2.43.